The van der Waals surface area contributed by atoms with Gasteiger partial charge in [-0.05, 0) is 12.8 Å². The first-order chi connectivity index (χ1) is 6.36. The zero-order valence-electron chi connectivity index (χ0n) is 7.18. The predicted molar refractivity (Wildman–Crippen MR) is 51.7 cm³/mol. The van der Waals surface area contributed by atoms with Gasteiger partial charge in [0.2, 0.25) is 0 Å². The number of allylic oxidation sites excluding steroid dienone is 2. The quantitative estimate of drug-likeness (QED) is 0.549. The Hall–Kier alpha value is -0.930. The number of thioether (sulfide) groups is 1. The maximum Gasteiger partial charge on any atom is 0.0754 e. The summed E-state index contributed by atoms with van der Waals surface area (Å²) < 4.78 is 0. The predicted octanol–water partition coefficient (Wildman–Crippen LogP) is 2.10. The van der Waals surface area contributed by atoms with Crippen molar-refractivity contribution in [1.82, 2.24) is 0 Å². The number of hydrogen-bond acceptors (Lipinski definition) is 3. The minimum Gasteiger partial charge on any atom is -0.198 e. The maximum absolute atomic E-state index is 8.97. The standard InChI is InChI=1S/C10H10N2S/c11-5-7-8(6-12)10-4-2-1-3-9(7)13-10/h1-2,7-10H,3-4H2. The molecule has 2 rings (SSSR count). The summed E-state index contributed by atoms with van der Waals surface area (Å²) in [5.74, 6) is -0.102. The summed E-state index contributed by atoms with van der Waals surface area (Å²) in [6, 6.07) is 4.57. The number of fused-ring (bicyclic) bond motifs is 2. The van der Waals surface area contributed by atoms with Crippen molar-refractivity contribution < 1.29 is 0 Å². The number of hydrogen-bond donors (Lipinski definition) is 0. The van der Waals surface area contributed by atoms with Gasteiger partial charge in [0.1, 0.15) is 0 Å². The van der Waals surface area contributed by atoms with Crippen LogP contribution in [0.2, 0.25) is 0 Å². The molecule has 4 atom stereocenters. The first-order valence-corrected chi connectivity index (χ1v) is 5.41. The molecule has 4 unspecified atom stereocenters. The monoisotopic (exact) mass is 190 g/mol. The van der Waals surface area contributed by atoms with Gasteiger partial charge in [-0.2, -0.15) is 22.3 Å². The lowest BCUT2D eigenvalue weighted by Gasteiger charge is -2.13. The second kappa shape index (κ2) is 3.44. The van der Waals surface area contributed by atoms with E-state index in [0.717, 1.165) is 12.8 Å². The van der Waals surface area contributed by atoms with Crippen molar-refractivity contribution in [2.24, 2.45) is 11.8 Å². The van der Waals surface area contributed by atoms with Crippen LogP contribution in [0.3, 0.4) is 0 Å². The highest BCUT2D eigenvalue weighted by Gasteiger charge is 2.44. The van der Waals surface area contributed by atoms with Crippen molar-refractivity contribution in [2.75, 3.05) is 0 Å². The van der Waals surface area contributed by atoms with Crippen LogP contribution in [0, 0.1) is 34.5 Å². The molecule has 0 radical (unpaired) electrons. The molecule has 2 nitrogen and oxygen atoms in total. The molecule has 66 valence electrons. The topological polar surface area (TPSA) is 47.6 Å². The molecule has 2 aliphatic heterocycles. The van der Waals surface area contributed by atoms with Crippen molar-refractivity contribution in [3.05, 3.63) is 12.2 Å². The van der Waals surface area contributed by atoms with E-state index in [0.29, 0.717) is 10.5 Å². The second-order valence-corrected chi connectivity index (χ2v) is 4.95. The Morgan fingerprint density at radius 1 is 1.00 bits per heavy atom. The van der Waals surface area contributed by atoms with E-state index in [4.69, 9.17) is 10.5 Å². The van der Waals surface area contributed by atoms with Crippen LogP contribution >= 0.6 is 11.8 Å². The fourth-order valence-corrected chi connectivity index (χ4v) is 3.74. The average molecular weight is 190 g/mol. The lowest BCUT2D eigenvalue weighted by atomic mass is 9.85. The van der Waals surface area contributed by atoms with Crippen LogP contribution < -0.4 is 0 Å². The molecule has 0 N–H and O–H groups in total. The molecule has 0 aromatic carbocycles. The molecule has 3 heteroatoms. The molecule has 2 heterocycles. The largest absolute Gasteiger partial charge is 0.198 e. The lowest BCUT2D eigenvalue weighted by Crippen LogP contribution is -2.19. The van der Waals surface area contributed by atoms with Gasteiger partial charge in [0, 0.05) is 10.5 Å². The normalized spacial score (nSPS) is 42.0. The molecule has 0 aliphatic carbocycles. The van der Waals surface area contributed by atoms with E-state index in [9.17, 15) is 0 Å². The summed E-state index contributed by atoms with van der Waals surface area (Å²) in [5, 5.41) is 18.7. The smallest absolute Gasteiger partial charge is 0.0754 e. The van der Waals surface area contributed by atoms with Gasteiger partial charge in [0.25, 0.3) is 0 Å². The summed E-state index contributed by atoms with van der Waals surface area (Å²) in [4.78, 5) is 0. The highest BCUT2D eigenvalue weighted by Crippen LogP contribution is 2.47. The Bertz CT molecular complexity index is 280. The molecular formula is C10H10N2S. The van der Waals surface area contributed by atoms with Gasteiger partial charge in [0.15, 0.2) is 0 Å². The van der Waals surface area contributed by atoms with E-state index < -0.39 is 0 Å². The Morgan fingerprint density at radius 2 is 1.46 bits per heavy atom. The zero-order chi connectivity index (χ0) is 9.26. The number of nitriles is 2. The number of nitrogens with zero attached hydrogens (tertiary/aromatic N) is 2. The Morgan fingerprint density at radius 3 is 1.85 bits per heavy atom. The van der Waals surface area contributed by atoms with E-state index >= 15 is 0 Å². The van der Waals surface area contributed by atoms with Crippen LogP contribution in [0.15, 0.2) is 12.2 Å². The zero-order valence-corrected chi connectivity index (χ0v) is 8.00. The van der Waals surface area contributed by atoms with Crippen molar-refractivity contribution in [3.63, 3.8) is 0 Å². The Kier molecular flexibility index (Phi) is 2.29. The maximum atomic E-state index is 8.97. The van der Waals surface area contributed by atoms with Crippen LogP contribution in [0.1, 0.15) is 12.8 Å². The molecule has 0 aromatic rings. The lowest BCUT2D eigenvalue weighted by molar-refractivity contribution is 0.492. The minimum atomic E-state index is -0.0510. The summed E-state index contributed by atoms with van der Waals surface area (Å²) in [7, 11) is 0. The fraction of sp³-hybridized carbons (Fsp3) is 0.600. The SMILES string of the molecule is N#CC1C2CC=CCC(S2)C1C#N. The number of rotatable bonds is 0. The summed E-state index contributed by atoms with van der Waals surface area (Å²) in [6.07, 6.45) is 6.21. The first-order valence-electron chi connectivity index (χ1n) is 4.46. The molecule has 0 saturated carbocycles. The van der Waals surface area contributed by atoms with E-state index in [1.54, 1.807) is 0 Å². The van der Waals surface area contributed by atoms with E-state index in [1.165, 1.54) is 0 Å². The van der Waals surface area contributed by atoms with Crippen LogP contribution in [0.25, 0.3) is 0 Å². The molecule has 0 aromatic heterocycles. The third kappa shape index (κ3) is 1.34. The van der Waals surface area contributed by atoms with Crippen LogP contribution in [-0.2, 0) is 0 Å². The van der Waals surface area contributed by atoms with Gasteiger partial charge in [-0.25, -0.2) is 0 Å². The highest BCUT2D eigenvalue weighted by molar-refractivity contribution is 8.00. The second-order valence-electron chi connectivity index (χ2n) is 3.47. The summed E-state index contributed by atoms with van der Waals surface area (Å²) >= 11 is 1.83. The van der Waals surface area contributed by atoms with E-state index in [-0.39, 0.29) is 11.8 Å². The molecule has 2 bridgehead atoms. The third-order valence-corrected chi connectivity index (χ3v) is 4.41. The van der Waals surface area contributed by atoms with Gasteiger partial charge in [-0.1, -0.05) is 12.2 Å². The van der Waals surface area contributed by atoms with Crippen molar-refractivity contribution >= 4 is 11.8 Å². The first kappa shape index (κ1) is 8.66. The van der Waals surface area contributed by atoms with E-state index in [2.05, 4.69) is 24.3 Å². The minimum absolute atomic E-state index is 0.0510. The van der Waals surface area contributed by atoms with Crippen molar-refractivity contribution in [1.29, 1.82) is 10.5 Å². The van der Waals surface area contributed by atoms with Gasteiger partial charge in [-0.15, -0.1) is 0 Å². The van der Waals surface area contributed by atoms with Crippen molar-refractivity contribution in [2.45, 2.75) is 23.3 Å². The molecule has 1 fully saturated rings. The molecular weight excluding hydrogens is 180 g/mol. The summed E-state index contributed by atoms with van der Waals surface area (Å²) in [6.45, 7) is 0. The van der Waals surface area contributed by atoms with Crippen LogP contribution in [0.5, 0.6) is 0 Å². The summed E-state index contributed by atoms with van der Waals surface area (Å²) in [5.41, 5.74) is 0. The van der Waals surface area contributed by atoms with Crippen molar-refractivity contribution in [3.8, 4) is 12.1 Å². The van der Waals surface area contributed by atoms with E-state index in [1.807, 2.05) is 11.8 Å². The highest BCUT2D eigenvalue weighted by atomic mass is 32.2. The van der Waals surface area contributed by atoms with Gasteiger partial charge in [0.05, 0.1) is 24.0 Å². The Balaban J connectivity index is 2.27. The van der Waals surface area contributed by atoms with Crippen LogP contribution in [0.4, 0.5) is 0 Å². The molecule has 1 saturated heterocycles. The van der Waals surface area contributed by atoms with Gasteiger partial charge < -0.3 is 0 Å². The Labute approximate surface area is 82.2 Å². The van der Waals surface area contributed by atoms with Gasteiger partial charge in [-0.3, -0.25) is 0 Å². The molecule has 13 heavy (non-hydrogen) atoms. The van der Waals surface area contributed by atoms with Gasteiger partial charge >= 0.3 is 0 Å². The molecule has 0 spiro atoms. The fourth-order valence-electron chi connectivity index (χ4n) is 2.05. The van der Waals surface area contributed by atoms with Crippen LogP contribution in [-0.4, -0.2) is 10.5 Å². The molecule has 0 amide bonds. The third-order valence-electron chi connectivity index (χ3n) is 2.74. The average Bonchev–Trinajstić information content (AvgIpc) is 2.31. The molecule has 2 aliphatic rings.